The number of pyridine rings is 1. The highest BCUT2D eigenvalue weighted by atomic mass is 16.1. The fourth-order valence-electron chi connectivity index (χ4n) is 4.85. The van der Waals surface area contributed by atoms with Crippen LogP contribution in [0.5, 0.6) is 0 Å². The lowest BCUT2D eigenvalue weighted by Crippen LogP contribution is -2.51. The first kappa shape index (κ1) is 17.7. The average molecular weight is 374 g/mol. The number of H-pyrrole nitrogens is 1. The molecule has 1 fully saturated rings. The van der Waals surface area contributed by atoms with Gasteiger partial charge in [0, 0.05) is 61.4 Å². The normalized spacial score (nSPS) is 20.9. The van der Waals surface area contributed by atoms with Gasteiger partial charge in [-0.15, -0.1) is 0 Å². The molecule has 2 aliphatic rings. The van der Waals surface area contributed by atoms with Gasteiger partial charge in [-0.25, -0.2) is 0 Å². The van der Waals surface area contributed by atoms with Gasteiger partial charge in [0.1, 0.15) is 0 Å². The number of aromatic amines is 1. The van der Waals surface area contributed by atoms with Crippen LogP contribution in [0.15, 0.2) is 59.4 Å². The minimum Gasteiger partial charge on any atom is -0.357 e. The van der Waals surface area contributed by atoms with Crippen molar-refractivity contribution >= 4 is 10.9 Å². The summed E-state index contributed by atoms with van der Waals surface area (Å²) in [5.41, 5.74) is 5.14. The molecule has 1 saturated heterocycles. The summed E-state index contributed by atoms with van der Waals surface area (Å²) in [6, 6.07) is 19.1. The molecule has 3 aromatic rings. The first-order valence-electron chi connectivity index (χ1n) is 10.4. The molecule has 0 saturated carbocycles. The second-order valence-electron chi connectivity index (χ2n) is 8.18. The highest BCUT2D eigenvalue weighted by molar-refractivity contribution is 5.78. The van der Waals surface area contributed by atoms with Crippen LogP contribution in [-0.2, 0) is 19.4 Å². The number of nitrogens with one attached hydrogen (secondary N) is 1. The molecule has 144 valence electrons. The molecule has 0 radical (unpaired) electrons. The SMILES string of the molecule is O=c1cc(CN2CCN(C3CCc4ccccc4C3)CC2)[nH]c2ccccc12. The van der Waals surface area contributed by atoms with Crippen LogP contribution in [0, 0.1) is 0 Å². The maximum Gasteiger partial charge on any atom is 0.189 e. The number of aryl methyl sites for hydroxylation is 1. The first-order valence-corrected chi connectivity index (χ1v) is 10.4. The summed E-state index contributed by atoms with van der Waals surface area (Å²) in [5, 5.41) is 0.772. The Kier molecular flexibility index (Phi) is 4.75. The van der Waals surface area contributed by atoms with Crippen molar-refractivity contribution in [2.24, 2.45) is 0 Å². The van der Waals surface area contributed by atoms with Gasteiger partial charge in [-0.3, -0.25) is 14.6 Å². The lowest BCUT2D eigenvalue weighted by Gasteiger charge is -2.41. The Morgan fingerprint density at radius 2 is 1.68 bits per heavy atom. The Morgan fingerprint density at radius 1 is 0.929 bits per heavy atom. The molecule has 1 N–H and O–H groups in total. The number of hydrogen-bond donors (Lipinski definition) is 1. The lowest BCUT2D eigenvalue weighted by atomic mass is 9.87. The maximum absolute atomic E-state index is 12.4. The Hall–Kier alpha value is -2.43. The highest BCUT2D eigenvalue weighted by Gasteiger charge is 2.27. The Bertz CT molecular complexity index is 1030. The number of nitrogens with zero attached hydrogens (tertiary/aromatic N) is 2. The largest absolute Gasteiger partial charge is 0.357 e. The van der Waals surface area contributed by atoms with E-state index in [0.717, 1.165) is 49.3 Å². The van der Waals surface area contributed by atoms with Gasteiger partial charge < -0.3 is 4.98 Å². The number of piperazine rings is 1. The topological polar surface area (TPSA) is 39.3 Å². The summed E-state index contributed by atoms with van der Waals surface area (Å²) >= 11 is 0. The van der Waals surface area contributed by atoms with Crippen molar-refractivity contribution in [3.05, 3.63) is 81.6 Å². The minimum atomic E-state index is 0.115. The number of benzene rings is 2. The third-order valence-corrected chi connectivity index (χ3v) is 6.43. The Labute approximate surface area is 165 Å². The molecule has 4 nitrogen and oxygen atoms in total. The molecule has 2 heterocycles. The van der Waals surface area contributed by atoms with E-state index in [1.54, 1.807) is 6.07 Å². The van der Waals surface area contributed by atoms with E-state index >= 15 is 0 Å². The van der Waals surface area contributed by atoms with Crippen LogP contribution in [0.25, 0.3) is 10.9 Å². The third kappa shape index (κ3) is 3.50. The fourth-order valence-corrected chi connectivity index (χ4v) is 4.85. The number of para-hydroxylation sites is 1. The molecule has 0 amide bonds. The van der Waals surface area contributed by atoms with Gasteiger partial charge in [-0.05, 0) is 42.5 Å². The predicted molar refractivity (Wildman–Crippen MR) is 114 cm³/mol. The number of fused-ring (bicyclic) bond motifs is 2. The lowest BCUT2D eigenvalue weighted by molar-refractivity contribution is 0.0850. The fraction of sp³-hybridized carbons (Fsp3) is 0.375. The van der Waals surface area contributed by atoms with E-state index in [2.05, 4.69) is 39.0 Å². The zero-order chi connectivity index (χ0) is 18.9. The molecule has 5 rings (SSSR count). The van der Waals surface area contributed by atoms with Crippen LogP contribution in [0.1, 0.15) is 23.2 Å². The Balaban J connectivity index is 1.22. The summed E-state index contributed by atoms with van der Waals surface area (Å²) in [6.07, 6.45) is 3.67. The van der Waals surface area contributed by atoms with Crippen molar-refractivity contribution < 1.29 is 0 Å². The van der Waals surface area contributed by atoms with E-state index in [1.807, 2.05) is 24.3 Å². The van der Waals surface area contributed by atoms with Gasteiger partial charge in [0.15, 0.2) is 5.43 Å². The number of rotatable bonds is 3. The number of aromatic nitrogens is 1. The molecule has 4 heteroatoms. The molecular formula is C24H27N3O. The molecule has 1 aliphatic heterocycles. The van der Waals surface area contributed by atoms with Crippen molar-refractivity contribution in [2.75, 3.05) is 26.2 Å². The summed E-state index contributed by atoms with van der Waals surface area (Å²) in [7, 11) is 0. The summed E-state index contributed by atoms with van der Waals surface area (Å²) in [5.74, 6) is 0. The zero-order valence-electron chi connectivity index (χ0n) is 16.2. The molecule has 0 spiro atoms. The van der Waals surface area contributed by atoms with Gasteiger partial charge in [0.2, 0.25) is 0 Å². The van der Waals surface area contributed by atoms with Crippen LogP contribution in [0.3, 0.4) is 0 Å². The van der Waals surface area contributed by atoms with Crippen molar-refractivity contribution in [3.8, 4) is 0 Å². The van der Waals surface area contributed by atoms with Crippen LogP contribution < -0.4 is 5.43 Å². The molecule has 1 atom stereocenters. The van der Waals surface area contributed by atoms with Crippen LogP contribution >= 0.6 is 0 Å². The van der Waals surface area contributed by atoms with Crippen LogP contribution in [0.2, 0.25) is 0 Å². The second kappa shape index (κ2) is 7.53. The van der Waals surface area contributed by atoms with Crippen molar-refractivity contribution in [2.45, 2.75) is 31.8 Å². The van der Waals surface area contributed by atoms with E-state index in [9.17, 15) is 4.79 Å². The van der Waals surface area contributed by atoms with Gasteiger partial charge in [-0.1, -0.05) is 36.4 Å². The zero-order valence-corrected chi connectivity index (χ0v) is 16.2. The highest BCUT2D eigenvalue weighted by Crippen LogP contribution is 2.25. The maximum atomic E-state index is 12.4. The standard InChI is InChI=1S/C24H27N3O/c28-24-16-20(25-23-8-4-3-7-22(23)24)17-26-11-13-27(14-12-26)21-10-9-18-5-1-2-6-19(18)15-21/h1-8,16,21H,9-15,17H2,(H,25,28). The summed E-state index contributed by atoms with van der Waals surface area (Å²) in [4.78, 5) is 20.9. The quantitative estimate of drug-likeness (QED) is 0.766. The van der Waals surface area contributed by atoms with E-state index in [1.165, 1.54) is 30.4 Å². The van der Waals surface area contributed by atoms with E-state index in [-0.39, 0.29) is 5.43 Å². The molecule has 2 aromatic carbocycles. The van der Waals surface area contributed by atoms with Crippen molar-refractivity contribution in [1.82, 2.24) is 14.8 Å². The van der Waals surface area contributed by atoms with E-state index in [0.29, 0.717) is 6.04 Å². The molecule has 1 unspecified atom stereocenters. The van der Waals surface area contributed by atoms with E-state index in [4.69, 9.17) is 0 Å². The second-order valence-corrected chi connectivity index (χ2v) is 8.18. The van der Waals surface area contributed by atoms with Crippen LogP contribution in [-0.4, -0.2) is 47.0 Å². The van der Waals surface area contributed by atoms with Crippen molar-refractivity contribution in [1.29, 1.82) is 0 Å². The molecular weight excluding hydrogens is 346 g/mol. The van der Waals surface area contributed by atoms with Gasteiger partial charge in [-0.2, -0.15) is 0 Å². The van der Waals surface area contributed by atoms with Gasteiger partial charge >= 0.3 is 0 Å². The molecule has 1 aliphatic carbocycles. The molecule has 28 heavy (non-hydrogen) atoms. The Morgan fingerprint density at radius 3 is 2.54 bits per heavy atom. The van der Waals surface area contributed by atoms with Crippen LogP contribution in [0.4, 0.5) is 0 Å². The third-order valence-electron chi connectivity index (χ3n) is 6.43. The molecule has 1 aromatic heterocycles. The first-order chi connectivity index (χ1) is 13.8. The minimum absolute atomic E-state index is 0.115. The summed E-state index contributed by atoms with van der Waals surface area (Å²) in [6.45, 7) is 5.18. The predicted octanol–water partition coefficient (Wildman–Crippen LogP) is 3.20. The van der Waals surface area contributed by atoms with Gasteiger partial charge in [0.05, 0.1) is 0 Å². The smallest absolute Gasteiger partial charge is 0.189 e. The van der Waals surface area contributed by atoms with Crippen molar-refractivity contribution in [3.63, 3.8) is 0 Å². The summed E-state index contributed by atoms with van der Waals surface area (Å²) < 4.78 is 0. The van der Waals surface area contributed by atoms with Gasteiger partial charge in [0.25, 0.3) is 0 Å². The molecule has 0 bridgehead atoms. The average Bonchev–Trinajstić information content (AvgIpc) is 2.74. The van der Waals surface area contributed by atoms with E-state index < -0.39 is 0 Å². The number of hydrogen-bond acceptors (Lipinski definition) is 3. The monoisotopic (exact) mass is 373 g/mol.